The van der Waals surface area contributed by atoms with E-state index in [2.05, 4.69) is 9.38 Å². The van der Waals surface area contributed by atoms with Crippen molar-refractivity contribution in [3.05, 3.63) is 23.2 Å². The van der Waals surface area contributed by atoms with Crippen LogP contribution in [0.3, 0.4) is 0 Å². The second kappa shape index (κ2) is 4.75. The second-order valence-corrected chi connectivity index (χ2v) is 5.09. The Hall–Kier alpha value is -1.21. The number of sulfonamides is 1. The third-order valence-electron chi connectivity index (χ3n) is 1.49. The van der Waals surface area contributed by atoms with E-state index < -0.39 is 15.8 Å². The van der Waals surface area contributed by atoms with E-state index in [0.29, 0.717) is 0 Å². The van der Waals surface area contributed by atoms with Crippen molar-refractivity contribution in [3.8, 4) is 0 Å². The van der Waals surface area contributed by atoms with Gasteiger partial charge < -0.3 is 4.90 Å². The molecule has 0 fully saturated rings. The molecule has 0 aliphatic rings. The zero-order valence-corrected chi connectivity index (χ0v) is 10.1. The maximum atomic E-state index is 13.0. The number of hydrogen-bond donors (Lipinski definition) is 0. The quantitative estimate of drug-likeness (QED) is 0.467. The van der Waals surface area contributed by atoms with Crippen molar-refractivity contribution in [2.24, 2.45) is 4.40 Å². The van der Waals surface area contributed by atoms with E-state index in [-0.39, 0.29) is 10.0 Å². The average molecular weight is 266 g/mol. The van der Waals surface area contributed by atoms with Crippen molar-refractivity contribution in [2.75, 3.05) is 14.1 Å². The summed E-state index contributed by atoms with van der Waals surface area (Å²) in [5.74, 6) is -0.900. The lowest BCUT2D eigenvalue weighted by molar-refractivity contribution is 0.587. The van der Waals surface area contributed by atoms with Crippen molar-refractivity contribution < 1.29 is 12.8 Å². The Labute approximate surface area is 97.6 Å². The molecule has 1 aromatic heterocycles. The predicted molar refractivity (Wildman–Crippen MR) is 58.6 cm³/mol. The maximum absolute atomic E-state index is 13.0. The molecule has 0 atom stereocenters. The Morgan fingerprint density at radius 3 is 2.69 bits per heavy atom. The van der Waals surface area contributed by atoms with E-state index >= 15 is 0 Å². The number of aromatic nitrogens is 1. The lowest BCUT2D eigenvalue weighted by atomic mass is 10.5. The first kappa shape index (κ1) is 12.9. The van der Waals surface area contributed by atoms with Crippen LogP contribution >= 0.6 is 11.6 Å². The van der Waals surface area contributed by atoms with Gasteiger partial charge in [0.2, 0.25) is 0 Å². The summed E-state index contributed by atoms with van der Waals surface area (Å²) in [5.41, 5.74) is 0. The minimum absolute atomic E-state index is 0.340. The molecule has 1 aromatic rings. The standard InChI is InChI=1S/C8H9ClFN3O2S/c1-13(2)5-12-16(14,15)6-3-7(10)8(9)11-4-6/h3-5H,1-2H3/b12-5-. The Bertz CT molecular complexity index is 516. The molecule has 16 heavy (non-hydrogen) atoms. The van der Waals surface area contributed by atoms with Gasteiger partial charge in [-0.15, -0.1) is 4.40 Å². The van der Waals surface area contributed by atoms with E-state index in [1.807, 2.05) is 0 Å². The smallest absolute Gasteiger partial charge is 0.285 e. The molecule has 1 rings (SSSR count). The minimum atomic E-state index is -3.93. The van der Waals surface area contributed by atoms with E-state index in [4.69, 9.17) is 11.6 Å². The highest BCUT2D eigenvalue weighted by Gasteiger charge is 2.15. The summed E-state index contributed by atoms with van der Waals surface area (Å²) in [6.45, 7) is 0. The van der Waals surface area contributed by atoms with Crippen LogP contribution in [0.2, 0.25) is 5.15 Å². The Kier molecular flexibility index (Phi) is 3.82. The van der Waals surface area contributed by atoms with Crippen LogP contribution in [0.4, 0.5) is 4.39 Å². The molecule has 0 amide bonds. The molecule has 88 valence electrons. The third kappa shape index (κ3) is 3.14. The van der Waals surface area contributed by atoms with E-state index in [0.717, 1.165) is 18.6 Å². The monoisotopic (exact) mass is 265 g/mol. The SMILES string of the molecule is CN(C)/C=N\S(=O)(=O)c1cnc(Cl)c(F)c1. The van der Waals surface area contributed by atoms with Crippen LogP contribution in [0.25, 0.3) is 0 Å². The second-order valence-electron chi connectivity index (χ2n) is 3.10. The van der Waals surface area contributed by atoms with Gasteiger partial charge in [0.1, 0.15) is 11.2 Å². The van der Waals surface area contributed by atoms with E-state index in [1.165, 1.54) is 4.90 Å². The summed E-state index contributed by atoms with van der Waals surface area (Å²) in [6.07, 6.45) is 2.05. The summed E-state index contributed by atoms with van der Waals surface area (Å²) in [4.78, 5) is 4.50. The van der Waals surface area contributed by atoms with Crippen molar-refractivity contribution in [1.82, 2.24) is 9.88 Å². The van der Waals surface area contributed by atoms with E-state index in [9.17, 15) is 12.8 Å². The summed E-state index contributed by atoms with van der Waals surface area (Å²) >= 11 is 5.33. The maximum Gasteiger partial charge on any atom is 0.285 e. The van der Waals surface area contributed by atoms with Gasteiger partial charge in [0.15, 0.2) is 11.0 Å². The van der Waals surface area contributed by atoms with Crippen LogP contribution in [0, 0.1) is 5.82 Å². The van der Waals surface area contributed by atoms with Crippen LogP contribution in [-0.4, -0.2) is 38.7 Å². The molecule has 0 unspecified atom stereocenters. The molecule has 0 aliphatic heterocycles. The molecule has 0 bridgehead atoms. The van der Waals surface area contributed by atoms with E-state index in [1.54, 1.807) is 14.1 Å². The van der Waals surface area contributed by atoms with Crippen LogP contribution in [0.5, 0.6) is 0 Å². The van der Waals surface area contributed by atoms with Gasteiger partial charge in [0.25, 0.3) is 10.0 Å². The summed E-state index contributed by atoms with van der Waals surface area (Å²) in [7, 11) is -0.706. The lowest BCUT2D eigenvalue weighted by Crippen LogP contribution is -2.10. The zero-order valence-electron chi connectivity index (χ0n) is 8.55. The molecular weight excluding hydrogens is 257 g/mol. The highest BCUT2D eigenvalue weighted by atomic mass is 35.5. The highest BCUT2D eigenvalue weighted by molar-refractivity contribution is 7.90. The molecule has 5 nitrogen and oxygen atoms in total. The van der Waals surface area contributed by atoms with Crippen LogP contribution in [0.1, 0.15) is 0 Å². The summed E-state index contributed by atoms with van der Waals surface area (Å²) in [6, 6.07) is 0.775. The van der Waals surface area contributed by atoms with Gasteiger partial charge in [-0.3, -0.25) is 0 Å². The van der Waals surface area contributed by atoms with Crippen molar-refractivity contribution in [1.29, 1.82) is 0 Å². The largest absolute Gasteiger partial charge is 0.368 e. The van der Waals surface area contributed by atoms with Crippen molar-refractivity contribution in [2.45, 2.75) is 4.90 Å². The molecule has 0 aromatic carbocycles. The number of nitrogens with zero attached hydrogens (tertiary/aromatic N) is 3. The van der Waals surface area contributed by atoms with Crippen molar-refractivity contribution >= 4 is 28.0 Å². The Morgan fingerprint density at radius 2 is 2.19 bits per heavy atom. The van der Waals surface area contributed by atoms with Crippen LogP contribution in [-0.2, 0) is 10.0 Å². The fraction of sp³-hybridized carbons (Fsp3) is 0.250. The first-order valence-electron chi connectivity index (χ1n) is 4.11. The van der Waals surface area contributed by atoms with Gasteiger partial charge in [-0.1, -0.05) is 11.6 Å². The molecule has 0 saturated heterocycles. The molecule has 8 heteroatoms. The van der Waals surface area contributed by atoms with Crippen LogP contribution in [0.15, 0.2) is 21.6 Å². The fourth-order valence-corrected chi connectivity index (χ4v) is 1.74. The van der Waals surface area contributed by atoms with Crippen LogP contribution < -0.4 is 0 Å². The van der Waals surface area contributed by atoms with Gasteiger partial charge in [0, 0.05) is 20.3 Å². The van der Waals surface area contributed by atoms with Gasteiger partial charge >= 0.3 is 0 Å². The van der Waals surface area contributed by atoms with Gasteiger partial charge in [-0.2, -0.15) is 8.42 Å². The molecule has 0 radical (unpaired) electrons. The molecule has 0 saturated carbocycles. The normalized spacial score (nSPS) is 12.0. The Balaban J connectivity index is 3.13. The molecule has 0 spiro atoms. The summed E-state index contributed by atoms with van der Waals surface area (Å²) < 4.78 is 39.4. The highest BCUT2D eigenvalue weighted by Crippen LogP contribution is 2.17. The first-order chi connectivity index (χ1) is 7.33. The average Bonchev–Trinajstić information content (AvgIpc) is 2.19. The molecule has 0 N–H and O–H groups in total. The van der Waals surface area contributed by atoms with Crippen molar-refractivity contribution in [3.63, 3.8) is 0 Å². The lowest BCUT2D eigenvalue weighted by Gasteiger charge is -2.03. The Morgan fingerprint density at radius 1 is 1.56 bits per heavy atom. The minimum Gasteiger partial charge on any atom is -0.368 e. The van der Waals surface area contributed by atoms with Gasteiger partial charge in [-0.05, 0) is 6.07 Å². The fourth-order valence-electron chi connectivity index (χ4n) is 0.762. The third-order valence-corrected chi connectivity index (χ3v) is 2.95. The first-order valence-corrected chi connectivity index (χ1v) is 5.92. The molecule has 0 aliphatic carbocycles. The van der Waals surface area contributed by atoms with Gasteiger partial charge in [0.05, 0.1) is 0 Å². The molecule has 1 heterocycles. The zero-order chi connectivity index (χ0) is 12.3. The number of pyridine rings is 1. The predicted octanol–water partition coefficient (Wildman–Crippen LogP) is 1.15. The van der Waals surface area contributed by atoms with Gasteiger partial charge in [-0.25, -0.2) is 9.37 Å². The number of halogens is 2. The number of rotatable bonds is 3. The topological polar surface area (TPSA) is 62.6 Å². The molecular formula is C8H9ClFN3O2S. The number of hydrogen-bond acceptors (Lipinski definition) is 3. The summed E-state index contributed by atoms with van der Waals surface area (Å²) in [5, 5.41) is -0.379.